The average Bonchev–Trinajstić information content (AvgIpc) is 3.12. The average molecular weight is 337 g/mol. The fraction of sp³-hybridized carbons (Fsp3) is 0.625. The molecule has 0 spiro atoms. The van der Waals surface area contributed by atoms with Crippen molar-refractivity contribution in [2.24, 2.45) is 0 Å². The van der Waals surface area contributed by atoms with Crippen LogP contribution >= 0.6 is 0 Å². The molecule has 3 amide bonds. The molecule has 0 saturated carbocycles. The molecule has 1 N–H and O–H groups in total. The van der Waals surface area contributed by atoms with Crippen LogP contribution in [-0.4, -0.2) is 74.3 Å². The second-order valence-corrected chi connectivity index (χ2v) is 5.94. The molecule has 0 bridgehead atoms. The Kier molecular flexibility index (Phi) is 5.24. The predicted molar refractivity (Wildman–Crippen MR) is 85.1 cm³/mol. The van der Waals surface area contributed by atoms with Crippen LogP contribution in [0.1, 0.15) is 23.4 Å². The molecule has 3 heterocycles. The third-order valence-electron chi connectivity index (χ3n) is 4.39. The van der Waals surface area contributed by atoms with Crippen LogP contribution in [0.15, 0.2) is 16.5 Å². The first-order valence-corrected chi connectivity index (χ1v) is 8.23. The number of ether oxygens (including phenoxy) is 2. The number of rotatable bonds is 3. The van der Waals surface area contributed by atoms with Gasteiger partial charge in [-0.1, -0.05) is 0 Å². The number of urea groups is 1. The monoisotopic (exact) mass is 337 g/mol. The summed E-state index contributed by atoms with van der Waals surface area (Å²) in [5.74, 6) is 0.293. The van der Waals surface area contributed by atoms with Gasteiger partial charge in [0.2, 0.25) is 0 Å². The van der Waals surface area contributed by atoms with Crippen LogP contribution in [0.2, 0.25) is 0 Å². The maximum Gasteiger partial charge on any atom is 0.320 e. The summed E-state index contributed by atoms with van der Waals surface area (Å²) >= 11 is 0. The number of morpholine rings is 1. The van der Waals surface area contributed by atoms with E-state index in [1.807, 2.05) is 9.80 Å². The lowest BCUT2D eigenvalue weighted by Crippen LogP contribution is -2.52. The molecule has 2 saturated heterocycles. The summed E-state index contributed by atoms with van der Waals surface area (Å²) in [6.07, 6.45) is 1.47. The summed E-state index contributed by atoms with van der Waals surface area (Å²) < 4.78 is 15.5. The highest BCUT2D eigenvalue weighted by molar-refractivity contribution is 5.91. The number of hydrogen-bond acceptors (Lipinski definition) is 5. The number of nitrogens with one attached hydrogen (secondary N) is 1. The highest BCUT2D eigenvalue weighted by atomic mass is 16.6. The van der Waals surface area contributed by atoms with E-state index in [4.69, 9.17) is 13.9 Å². The van der Waals surface area contributed by atoms with E-state index in [-0.39, 0.29) is 23.7 Å². The first-order valence-electron chi connectivity index (χ1n) is 8.23. The number of piperidine rings is 1. The molecule has 132 valence electrons. The Morgan fingerprint density at radius 1 is 1.12 bits per heavy atom. The van der Waals surface area contributed by atoms with Gasteiger partial charge in [-0.3, -0.25) is 4.79 Å². The largest absolute Gasteiger partial charge is 0.468 e. The maximum atomic E-state index is 12.4. The van der Waals surface area contributed by atoms with E-state index < -0.39 is 0 Å². The molecule has 24 heavy (non-hydrogen) atoms. The summed E-state index contributed by atoms with van der Waals surface area (Å²) in [6, 6.07) is 3.31. The number of furan rings is 1. The van der Waals surface area contributed by atoms with E-state index >= 15 is 0 Å². The molecule has 1 aromatic heterocycles. The van der Waals surface area contributed by atoms with E-state index in [1.54, 1.807) is 12.1 Å². The molecule has 1 aromatic rings. The normalized spacial score (nSPS) is 19.2. The summed E-state index contributed by atoms with van der Waals surface area (Å²) in [4.78, 5) is 28.2. The molecule has 2 fully saturated rings. The van der Waals surface area contributed by atoms with E-state index in [9.17, 15) is 9.59 Å². The molecular weight excluding hydrogens is 314 g/mol. The number of likely N-dealkylation sites (tertiary alicyclic amines) is 1. The highest BCUT2D eigenvalue weighted by Crippen LogP contribution is 2.17. The standard InChI is InChI=1S/C16H23N3O5/c1-22-14-3-2-13(24-14)15(20)17-12-4-6-18(7-5-12)16(21)19-8-10-23-11-9-19/h2-3,12H,4-11H2,1H3,(H,17,20). The van der Waals surface area contributed by atoms with Gasteiger partial charge in [0.1, 0.15) is 0 Å². The number of carbonyl (C=O) groups is 2. The Morgan fingerprint density at radius 3 is 2.42 bits per heavy atom. The number of methoxy groups -OCH3 is 1. The first-order chi connectivity index (χ1) is 11.7. The molecule has 2 aliphatic rings. The van der Waals surface area contributed by atoms with Gasteiger partial charge < -0.3 is 29.0 Å². The van der Waals surface area contributed by atoms with Gasteiger partial charge in [0.25, 0.3) is 11.9 Å². The van der Waals surface area contributed by atoms with Gasteiger partial charge in [0.15, 0.2) is 5.76 Å². The van der Waals surface area contributed by atoms with Crippen molar-refractivity contribution in [3.05, 3.63) is 17.9 Å². The van der Waals surface area contributed by atoms with Gasteiger partial charge >= 0.3 is 6.03 Å². The van der Waals surface area contributed by atoms with Crippen LogP contribution in [0, 0.1) is 0 Å². The Morgan fingerprint density at radius 2 is 1.79 bits per heavy atom. The predicted octanol–water partition coefficient (Wildman–Crippen LogP) is 0.935. The smallest absolute Gasteiger partial charge is 0.320 e. The molecule has 0 radical (unpaired) electrons. The zero-order chi connectivity index (χ0) is 16.9. The van der Waals surface area contributed by atoms with E-state index in [0.29, 0.717) is 45.3 Å². The molecule has 0 atom stereocenters. The van der Waals surface area contributed by atoms with Gasteiger partial charge in [0, 0.05) is 38.3 Å². The van der Waals surface area contributed by atoms with Crippen LogP contribution in [0.25, 0.3) is 0 Å². The summed E-state index contributed by atoms with van der Waals surface area (Å²) in [5, 5.41) is 2.95. The minimum Gasteiger partial charge on any atom is -0.468 e. The Bertz CT molecular complexity index is 574. The fourth-order valence-electron chi connectivity index (χ4n) is 2.98. The third-order valence-corrected chi connectivity index (χ3v) is 4.39. The minimum absolute atomic E-state index is 0.0438. The van der Waals surface area contributed by atoms with Crippen molar-refractivity contribution in [2.75, 3.05) is 46.5 Å². The number of hydrogen-bond donors (Lipinski definition) is 1. The van der Waals surface area contributed by atoms with Crippen molar-refractivity contribution in [2.45, 2.75) is 18.9 Å². The molecule has 2 aliphatic heterocycles. The number of carbonyl (C=O) groups excluding carboxylic acids is 2. The van der Waals surface area contributed by atoms with Crippen molar-refractivity contribution in [1.82, 2.24) is 15.1 Å². The lowest BCUT2D eigenvalue weighted by atomic mass is 10.1. The molecule has 0 unspecified atom stereocenters. The van der Waals surface area contributed by atoms with Crippen molar-refractivity contribution in [3.8, 4) is 5.95 Å². The second kappa shape index (κ2) is 7.57. The topological polar surface area (TPSA) is 84.2 Å². The van der Waals surface area contributed by atoms with E-state index in [1.165, 1.54) is 7.11 Å². The van der Waals surface area contributed by atoms with Gasteiger partial charge in [0.05, 0.1) is 20.3 Å². The van der Waals surface area contributed by atoms with E-state index in [2.05, 4.69) is 5.32 Å². The van der Waals surface area contributed by atoms with Gasteiger partial charge in [-0.15, -0.1) is 0 Å². The van der Waals surface area contributed by atoms with Crippen molar-refractivity contribution < 1.29 is 23.5 Å². The summed E-state index contributed by atoms with van der Waals surface area (Å²) in [5.41, 5.74) is 0. The lowest BCUT2D eigenvalue weighted by Gasteiger charge is -2.37. The maximum absolute atomic E-state index is 12.4. The molecule has 8 heteroatoms. The van der Waals surface area contributed by atoms with Crippen molar-refractivity contribution in [1.29, 1.82) is 0 Å². The van der Waals surface area contributed by atoms with Crippen molar-refractivity contribution >= 4 is 11.9 Å². The minimum atomic E-state index is -0.253. The summed E-state index contributed by atoms with van der Waals surface area (Å²) in [6.45, 7) is 3.78. The SMILES string of the molecule is COc1ccc(C(=O)NC2CCN(C(=O)N3CCOCC3)CC2)o1. The van der Waals surface area contributed by atoms with Crippen LogP contribution in [0.5, 0.6) is 5.95 Å². The van der Waals surface area contributed by atoms with Crippen molar-refractivity contribution in [3.63, 3.8) is 0 Å². The Balaban J connectivity index is 1.46. The quantitative estimate of drug-likeness (QED) is 0.887. The molecule has 0 aliphatic carbocycles. The van der Waals surface area contributed by atoms with Gasteiger partial charge in [-0.2, -0.15) is 0 Å². The number of nitrogens with zero attached hydrogens (tertiary/aromatic N) is 2. The molecule has 0 aromatic carbocycles. The first kappa shape index (κ1) is 16.6. The van der Waals surface area contributed by atoms with E-state index in [0.717, 1.165) is 12.8 Å². The van der Waals surface area contributed by atoms with Crippen LogP contribution < -0.4 is 10.1 Å². The highest BCUT2D eigenvalue weighted by Gasteiger charge is 2.28. The third kappa shape index (κ3) is 3.81. The molecular formula is C16H23N3O5. The molecule has 8 nitrogen and oxygen atoms in total. The fourth-order valence-corrected chi connectivity index (χ4v) is 2.98. The van der Waals surface area contributed by atoms with Crippen LogP contribution in [-0.2, 0) is 4.74 Å². The van der Waals surface area contributed by atoms with Crippen LogP contribution in [0.3, 0.4) is 0 Å². The Labute approximate surface area is 140 Å². The van der Waals surface area contributed by atoms with Gasteiger partial charge in [-0.25, -0.2) is 4.79 Å². The summed E-state index contributed by atoms with van der Waals surface area (Å²) in [7, 11) is 1.49. The Hall–Kier alpha value is -2.22. The van der Waals surface area contributed by atoms with Crippen LogP contribution in [0.4, 0.5) is 4.79 Å². The zero-order valence-corrected chi connectivity index (χ0v) is 13.8. The molecule has 3 rings (SSSR count). The van der Waals surface area contributed by atoms with Gasteiger partial charge in [-0.05, 0) is 18.9 Å². The lowest BCUT2D eigenvalue weighted by molar-refractivity contribution is 0.0407. The zero-order valence-electron chi connectivity index (χ0n) is 13.8. The number of amides is 3. The second-order valence-electron chi connectivity index (χ2n) is 5.94.